The molecule has 1 unspecified atom stereocenters. The van der Waals surface area contributed by atoms with Crippen molar-refractivity contribution in [2.75, 3.05) is 19.6 Å². The Morgan fingerprint density at radius 2 is 2.13 bits per heavy atom. The molecule has 1 aliphatic heterocycles. The molecule has 1 saturated carbocycles. The van der Waals surface area contributed by atoms with Crippen molar-refractivity contribution in [2.45, 2.75) is 45.1 Å². The van der Waals surface area contributed by atoms with E-state index in [4.69, 9.17) is 0 Å². The van der Waals surface area contributed by atoms with Crippen LogP contribution in [-0.2, 0) is 4.79 Å². The molecule has 0 spiro atoms. The Kier molecular flexibility index (Phi) is 6.85. The molecule has 1 aliphatic carbocycles. The zero-order valence-corrected chi connectivity index (χ0v) is 14.7. The van der Waals surface area contributed by atoms with Gasteiger partial charge in [-0.1, -0.05) is 25.8 Å². The molecule has 2 heterocycles. The van der Waals surface area contributed by atoms with E-state index in [1.807, 2.05) is 12.3 Å². The summed E-state index contributed by atoms with van der Waals surface area (Å²) in [6.45, 7) is 4.86. The maximum Gasteiger partial charge on any atom is 0.223 e. The van der Waals surface area contributed by atoms with Crippen LogP contribution in [0.25, 0.3) is 0 Å². The van der Waals surface area contributed by atoms with Gasteiger partial charge in [0.25, 0.3) is 0 Å². The van der Waals surface area contributed by atoms with Crippen LogP contribution < -0.4 is 5.32 Å². The number of hydrogen-bond donors (Lipinski definition) is 1. The normalized spacial score (nSPS) is 28.0. The van der Waals surface area contributed by atoms with Gasteiger partial charge in [-0.3, -0.25) is 9.78 Å². The Bertz CT molecular complexity index is 488. The van der Waals surface area contributed by atoms with E-state index in [1.165, 1.54) is 25.7 Å². The summed E-state index contributed by atoms with van der Waals surface area (Å²) < 4.78 is 0. The molecule has 4 nitrogen and oxygen atoms in total. The molecular formula is C18H28ClN3O. The van der Waals surface area contributed by atoms with Crippen molar-refractivity contribution in [3.05, 3.63) is 30.1 Å². The first-order chi connectivity index (χ1) is 10.7. The van der Waals surface area contributed by atoms with Crippen molar-refractivity contribution >= 4 is 18.3 Å². The lowest BCUT2D eigenvalue weighted by molar-refractivity contribution is -0.135. The molecule has 5 heteroatoms. The third-order valence-corrected chi connectivity index (χ3v) is 5.23. The molecule has 0 aromatic carbocycles. The van der Waals surface area contributed by atoms with Crippen LogP contribution in [0.3, 0.4) is 0 Å². The number of halogens is 1. The second kappa shape index (κ2) is 8.65. The molecule has 1 N–H and O–H groups in total. The zero-order valence-electron chi connectivity index (χ0n) is 13.9. The zero-order chi connectivity index (χ0) is 15.4. The molecule has 0 radical (unpaired) electrons. The van der Waals surface area contributed by atoms with Crippen LogP contribution >= 0.6 is 12.4 Å². The second-order valence-corrected chi connectivity index (χ2v) is 6.92. The summed E-state index contributed by atoms with van der Waals surface area (Å²) in [5, 5.41) is 3.41. The number of amides is 1. The Morgan fingerprint density at radius 1 is 1.35 bits per heavy atom. The third kappa shape index (κ3) is 4.67. The Hall–Kier alpha value is -1.13. The first-order valence-electron chi connectivity index (χ1n) is 8.64. The lowest BCUT2D eigenvalue weighted by atomic mass is 9.81. The van der Waals surface area contributed by atoms with Crippen molar-refractivity contribution in [1.82, 2.24) is 15.2 Å². The van der Waals surface area contributed by atoms with E-state index in [2.05, 4.69) is 28.2 Å². The number of carbonyl (C=O) groups is 1. The minimum Gasteiger partial charge on any atom is -0.333 e. The molecule has 1 saturated heterocycles. The Balaban J connectivity index is 0.00000192. The summed E-state index contributed by atoms with van der Waals surface area (Å²) in [6, 6.07) is 4.17. The molecule has 23 heavy (non-hydrogen) atoms. The topological polar surface area (TPSA) is 45.2 Å². The van der Waals surface area contributed by atoms with Crippen LogP contribution in [0.2, 0.25) is 0 Å². The largest absolute Gasteiger partial charge is 0.333 e. The van der Waals surface area contributed by atoms with Gasteiger partial charge in [-0.05, 0) is 36.3 Å². The van der Waals surface area contributed by atoms with Crippen LogP contribution in [0.1, 0.15) is 50.6 Å². The number of nitrogens with zero attached hydrogens (tertiary/aromatic N) is 2. The molecule has 0 bridgehead atoms. The molecule has 2 aliphatic rings. The van der Waals surface area contributed by atoms with Crippen molar-refractivity contribution in [3.8, 4) is 0 Å². The average molecular weight is 338 g/mol. The van der Waals surface area contributed by atoms with Gasteiger partial charge in [0.15, 0.2) is 0 Å². The van der Waals surface area contributed by atoms with Crippen molar-refractivity contribution in [1.29, 1.82) is 0 Å². The number of rotatable bonds is 3. The van der Waals surface area contributed by atoms with Gasteiger partial charge in [0.2, 0.25) is 5.91 Å². The predicted octanol–water partition coefficient (Wildman–Crippen LogP) is 3.19. The maximum absolute atomic E-state index is 12.8. The highest BCUT2D eigenvalue weighted by Gasteiger charge is 2.30. The van der Waals surface area contributed by atoms with Gasteiger partial charge in [0.1, 0.15) is 0 Å². The minimum absolute atomic E-state index is 0. The van der Waals surface area contributed by atoms with Gasteiger partial charge in [0, 0.05) is 38.4 Å². The van der Waals surface area contributed by atoms with E-state index in [-0.39, 0.29) is 18.4 Å². The highest BCUT2D eigenvalue weighted by Crippen LogP contribution is 2.32. The number of piperazine rings is 1. The van der Waals surface area contributed by atoms with Gasteiger partial charge in [0.05, 0.1) is 6.04 Å². The predicted molar refractivity (Wildman–Crippen MR) is 94.5 cm³/mol. The van der Waals surface area contributed by atoms with Crippen molar-refractivity contribution < 1.29 is 4.79 Å². The van der Waals surface area contributed by atoms with Gasteiger partial charge < -0.3 is 10.2 Å². The summed E-state index contributed by atoms with van der Waals surface area (Å²) in [4.78, 5) is 19.1. The van der Waals surface area contributed by atoms with E-state index < -0.39 is 0 Å². The molecule has 1 atom stereocenters. The van der Waals surface area contributed by atoms with E-state index >= 15 is 0 Å². The van der Waals surface area contributed by atoms with Gasteiger partial charge in [-0.2, -0.15) is 0 Å². The molecule has 1 aromatic rings. The van der Waals surface area contributed by atoms with Crippen LogP contribution in [0.5, 0.6) is 0 Å². The molecule has 1 amide bonds. The third-order valence-electron chi connectivity index (χ3n) is 5.23. The standard InChI is InChI=1S/C18H27N3O.ClH/c1-14-4-6-15(7-5-14)11-18(22)21-10-9-20-13-17(21)16-3-2-8-19-12-16;/h2-3,8,12,14-15,17,20H,4-7,9-11,13H2,1H3;1H. The van der Waals surface area contributed by atoms with Gasteiger partial charge in [-0.25, -0.2) is 0 Å². The van der Waals surface area contributed by atoms with Crippen LogP contribution in [0.4, 0.5) is 0 Å². The summed E-state index contributed by atoms with van der Waals surface area (Å²) >= 11 is 0. The van der Waals surface area contributed by atoms with E-state index in [0.717, 1.165) is 37.5 Å². The summed E-state index contributed by atoms with van der Waals surface area (Å²) in [7, 11) is 0. The van der Waals surface area contributed by atoms with Gasteiger partial charge in [-0.15, -0.1) is 12.4 Å². The van der Waals surface area contributed by atoms with Gasteiger partial charge >= 0.3 is 0 Å². The number of nitrogens with one attached hydrogen (secondary N) is 1. The number of pyridine rings is 1. The highest BCUT2D eigenvalue weighted by atomic mass is 35.5. The van der Waals surface area contributed by atoms with E-state index in [1.54, 1.807) is 6.20 Å². The maximum atomic E-state index is 12.8. The van der Waals surface area contributed by atoms with E-state index in [9.17, 15) is 4.79 Å². The highest BCUT2D eigenvalue weighted by molar-refractivity contribution is 5.85. The monoisotopic (exact) mass is 337 g/mol. The molecule has 2 fully saturated rings. The quantitative estimate of drug-likeness (QED) is 0.921. The number of aromatic nitrogens is 1. The van der Waals surface area contributed by atoms with E-state index in [0.29, 0.717) is 11.8 Å². The lowest BCUT2D eigenvalue weighted by Gasteiger charge is -2.37. The minimum atomic E-state index is 0. The average Bonchev–Trinajstić information content (AvgIpc) is 2.58. The number of hydrogen-bond acceptors (Lipinski definition) is 3. The molecule has 128 valence electrons. The first kappa shape index (κ1) is 18.2. The summed E-state index contributed by atoms with van der Waals surface area (Å²) in [5.41, 5.74) is 1.14. The summed E-state index contributed by atoms with van der Waals surface area (Å²) in [5.74, 6) is 1.76. The Labute approximate surface area is 145 Å². The van der Waals surface area contributed by atoms with Crippen LogP contribution in [0.15, 0.2) is 24.5 Å². The van der Waals surface area contributed by atoms with Crippen LogP contribution in [0, 0.1) is 11.8 Å². The second-order valence-electron chi connectivity index (χ2n) is 6.92. The fourth-order valence-electron chi connectivity index (χ4n) is 3.77. The first-order valence-corrected chi connectivity index (χ1v) is 8.64. The van der Waals surface area contributed by atoms with Crippen molar-refractivity contribution in [2.24, 2.45) is 11.8 Å². The lowest BCUT2D eigenvalue weighted by Crippen LogP contribution is -2.49. The smallest absolute Gasteiger partial charge is 0.223 e. The SMILES string of the molecule is CC1CCC(CC(=O)N2CCNCC2c2cccnc2)CC1.Cl. The molecule has 3 rings (SSSR count). The Morgan fingerprint density at radius 3 is 2.83 bits per heavy atom. The fourth-order valence-corrected chi connectivity index (χ4v) is 3.77. The molecule has 1 aromatic heterocycles. The van der Waals surface area contributed by atoms with Crippen LogP contribution in [-0.4, -0.2) is 35.4 Å². The number of carbonyl (C=O) groups excluding carboxylic acids is 1. The summed E-state index contributed by atoms with van der Waals surface area (Å²) in [6.07, 6.45) is 9.41. The fraction of sp³-hybridized carbons (Fsp3) is 0.667. The molecular weight excluding hydrogens is 310 g/mol. The van der Waals surface area contributed by atoms with Crippen molar-refractivity contribution in [3.63, 3.8) is 0 Å².